The largest absolute Gasteiger partial charge is 0.489 e. The summed E-state index contributed by atoms with van der Waals surface area (Å²) >= 11 is 0. The number of benzene rings is 3. The molecular formula is C25H25NO3. The van der Waals surface area contributed by atoms with Gasteiger partial charge in [-0.3, -0.25) is 4.79 Å². The molecule has 3 aromatic rings. The van der Waals surface area contributed by atoms with E-state index in [0.29, 0.717) is 13.2 Å². The molecule has 1 aliphatic heterocycles. The molecule has 0 spiro atoms. The molecule has 29 heavy (non-hydrogen) atoms. The highest BCUT2D eigenvalue weighted by molar-refractivity contribution is 5.78. The topological polar surface area (TPSA) is 38.8 Å². The van der Waals surface area contributed by atoms with Gasteiger partial charge >= 0.3 is 0 Å². The minimum atomic E-state index is -0.137. The molecular weight excluding hydrogens is 362 g/mol. The van der Waals surface area contributed by atoms with E-state index in [1.165, 1.54) is 0 Å². The first-order valence-corrected chi connectivity index (χ1v) is 9.93. The summed E-state index contributed by atoms with van der Waals surface area (Å²) < 4.78 is 11.7. The second-order valence-electron chi connectivity index (χ2n) is 7.28. The van der Waals surface area contributed by atoms with Crippen molar-refractivity contribution in [2.75, 3.05) is 13.2 Å². The van der Waals surface area contributed by atoms with E-state index in [9.17, 15) is 4.79 Å². The van der Waals surface area contributed by atoms with Crippen LogP contribution in [0, 0.1) is 0 Å². The molecule has 4 heteroatoms. The quantitative estimate of drug-likeness (QED) is 0.602. The van der Waals surface area contributed by atoms with Crippen molar-refractivity contribution in [1.82, 2.24) is 4.90 Å². The number of morpholine rings is 1. The number of rotatable bonds is 6. The molecule has 0 unspecified atom stereocenters. The molecule has 2 atom stereocenters. The zero-order valence-corrected chi connectivity index (χ0v) is 16.5. The van der Waals surface area contributed by atoms with Gasteiger partial charge in [-0.25, -0.2) is 0 Å². The lowest BCUT2D eigenvalue weighted by atomic mass is 10.0. The third kappa shape index (κ3) is 4.66. The molecule has 1 saturated heterocycles. The molecule has 4 nitrogen and oxygen atoms in total. The molecule has 0 bridgehead atoms. The number of carbonyl (C=O) groups is 1. The van der Waals surface area contributed by atoms with Crippen LogP contribution >= 0.6 is 0 Å². The Kier molecular flexibility index (Phi) is 5.92. The summed E-state index contributed by atoms with van der Waals surface area (Å²) in [4.78, 5) is 14.3. The van der Waals surface area contributed by atoms with Crippen LogP contribution in [-0.2, 0) is 16.1 Å². The minimum absolute atomic E-state index is 0.0172. The maximum atomic E-state index is 12.4. The van der Waals surface area contributed by atoms with Crippen molar-refractivity contribution < 1.29 is 14.3 Å². The van der Waals surface area contributed by atoms with Gasteiger partial charge in [0, 0.05) is 0 Å². The van der Waals surface area contributed by atoms with Crippen LogP contribution in [0.3, 0.4) is 0 Å². The molecule has 1 fully saturated rings. The van der Waals surface area contributed by atoms with Gasteiger partial charge in [-0.15, -0.1) is 0 Å². The Labute approximate surface area is 171 Å². The van der Waals surface area contributed by atoms with Crippen LogP contribution < -0.4 is 4.74 Å². The summed E-state index contributed by atoms with van der Waals surface area (Å²) in [6.07, 6.45) is -0.137. The van der Waals surface area contributed by atoms with Gasteiger partial charge in [0.05, 0.1) is 12.6 Å². The van der Waals surface area contributed by atoms with Crippen molar-refractivity contribution in [2.24, 2.45) is 0 Å². The highest BCUT2D eigenvalue weighted by atomic mass is 16.5. The standard InChI is InChI=1S/C25H25NO3/c1-19(21-10-6-3-7-11-21)26-16-24(29-18-25(26)27)22-12-14-23(15-13-22)28-17-20-8-4-2-5-9-20/h2-15,19,24H,16-18H2,1H3/t19-,24+/m1/s1. The first-order valence-electron chi connectivity index (χ1n) is 9.93. The van der Waals surface area contributed by atoms with Gasteiger partial charge in [-0.05, 0) is 35.7 Å². The predicted octanol–water partition coefficient (Wildman–Crippen LogP) is 4.93. The van der Waals surface area contributed by atoms with Crippen molar-refractivity contribution in [3.8, 4) is 5.75 Å². The number of nitrogens with zero attached hydrogens (tertiary/aromatic N) is 1. The van der Waals surface area contributed by atoms with E-state index in [2.05, 4.69) is 19.1 Å². The van der Waals surface area contributed by atoms with Crippen LogP contribution in [0.5, 0.6) is 5.75 Å². The average molecular weight is 387 g/mol. The average Bonchev–Trinajstić information content (AvgIpc) is 2.79. The number of hydrogen-bond donors (Lipinski definition) is 0. The fraction of sp³-hybridized carbons (Fsp3) is 0.240. The highest BCUT2D eigenvalue weighted by Gasteiger charge is 2.31. The van der Waals surface area contributed by atoms with Gasteiger partial charge < -0.3 is 14.4 Å². The summed E-state index contributed by atoms with van der Waals surface area (Å²) in [5, 5.41) is 0. The number of hydrogen-bond acceptors (Lipinski definition) is 3. The van der Waals surface area contributed by atoms with Crippen molar-refractivity contribution in [3.05, 3.63) is 102 Å². The first kappa shape index (κ1) is 19.2. The molecule has 0 N–H and O–H groups in total. The Morgan fingerprint density at radius 1 is 0.966 bits per heavy atom. The SMILES string of the molecule is C[C@H](c1ccccc1)N1C[C@@H](c2ccc(OCc3ccccc3)cc2)OCC1=O. The summed E-state index contributed by atoms with van der Waals surface area (Å²) in [5.41, 5.74) is 3.32. The Hall–Kier alpha value is -3.11. The van der Waals surface area contributed by atoms with Gasteiger partial charge in [0.1, 0.15) is 25.1 Å². The Morgan fingerprint density at radius 2 is 1.62 bits per heavy atom. The van der Waals surface area contributed by atoms with E-state index in [-0.39, 0.29) is 24.7 Å². The second kappa shape index (κ2) is 8.93. The smallest absolute Gasteiger partial charge is 0.249 e. The lowest BCUT2D eigenvalue weighted by molar-refractivity contribution is -0.152. The Balaban J connectivity index is 1.41. The van der Waals surface area contributed by atoms with Crippen LogP contribution in [0.4, 0.5) is 0 Å². The van der Waals surface area contributed by atoms with Gasteiger partial charge in [-0.2, -0.15) is 0 Å². The lowest BCUT2D eigenvalue weighted by Crippen LogP contribution is -2.44. The normalized spacial score (nSPS) is 17.8. The van der Waals surface area contributed by atoms with Crippen molar-refractivity contribution >= 4 is 5.91 Å². The van der Waals surface area contributed by atoms with Crippen molar-refractivity contribution in [3.63, 3.8) is 0 Å². The van der Waals surface area contributed by atoms with Gasteiger partial charge in [-0.1, -0.05) is 72.8 Å². The fourth-order valence-corrected chi connectivity index (χ4v) is 3.59. The minimum Gasteiger partial charge on any atom is -0.489 e. The second-order valence-corrected chi connectivity index (χ2v) is 7.28. The molecule has 1 heterocycles. The van der Waals surface area contributed by atoms with E-state index < -0.39 is 0 Å². The van der Waals surface area contributed by atoms with Crippen LogP contribution in [0.15, 0.2) is 84.9 Å². The van der Waals surface area contributed by atoms with E-state index in [0.717, 1.165) is 22.4 Å². The maximum Gasteiger partial charge on any atom is 0.249 e. The van der Waals surface area contributed by atoms with Crippen LogP contribution in [0.2, 0.25) is 0 Å². The Bertz CT molecular complexity index is 925. The van der Waals surface area contributed by atoms with Crippen LogP contribution in [0.1, 0.15) is 35.8 Å². The molecule has 148 valence electrons. The Morgan fingerprint density at radius 3 is 2.31 bits per heavy atom. The van der Waals surface area contributed by atoms with E-state index in [4.69, 9.17) is 9.47 Å². The summed E-state index contributed by atoms with van der Waals surface area (Å²) in [7, 11) is 0. The van der Waals surface area contributed by atoms with E-state index in [1.807, 2.05) is 77.7 Å². The van der Waals surface area contributed by atoms with Gasteiger partial charge in [0.15, 0.2) is 0 Å². The summed E-state index contributed by atoms with van der Waals surface area (Å²) in [6, 6.07) is 28.2. The molecule has 1 aliphatic rings. The number of carbonyl (C=O) groups excluding carboxylic acids is 1. The molecule has 4 rings (SSSR count). The number of ether oxygens (including phenoxy) is 2. The zero-order valence-electron chi connectivity index (χ0n) is 16.5. The summed E-state index contributed by atoms with van der Waals surface area (Å²) in [6.45, 7) is 3.25. The van der Waals surface area contributed by atoms with Gasteiger partial charge in [0.25, 0.3) is 0 Å². The first-order chi connectivity index (χ1) is 14.2. The molecule has 3 aromatic carbocycles. The van der Waals surface area contributed by atoms with Crippen molar-refractivity contribution in [1.29, 1.82) is 0 Å². The summed E-state index contributed by atoms with van der Waals surface area (Å²) in [5.74, 6) is 0.847. The van der Waals surface area contributed by atoms with E-state index in [1.54, 1.807) is 0 Å². The maximum absolute atomic E-state index is 12.4. The van der Waals surface area contributed by atoms with Gasteiger partial charge in [0.2, 0.25) is 5.91 Å². The zero-order chi connectivity index (χ0) is 20.1. The molecule has 0 radical (unpaired) electrons. The lowest BCUT2D eigenvalue weighted by Gasteiger charge is -2.37. The number of amides is 1. The fourth-order valence-electron chi connectivity index (χ4n) is 3.59. The highest BCUT2D eigenvalue weighted by Crippen LogP contribution is 2.30. The van der Waals surface area contributed by atoms with Crippen molar-refractivity contribution in [2.45, 2.75) is 25.7 Å². The van der Waals surface area contributed by atoms with Crippen LogP contribution in [-0.4, -0.2) is 24.0 Å². The molecule has 1 amide bonds. The molecule has 0 aromatic heterocycles. The third-order valence-electron chi connectivity index (χ3n) is 5.34. The monoisotopic (exact) mass is 387 g/mol. The molecule has 0 aliphatic carbocycles. The molecule has 0 saturated carbocycles. The van der Waals surface area contributed by atoms with Crippen LogP contribution in [0.25, 0.3) is 0 Å². The third-order valence-corrected chi connectivity index (χ3v) is 5.34. The predicted molar refractivity (Wildman–Crippen MR) is 112 cm³/mol. The van der Waals surface area contributed by atoms with E-state index >= 15 is 0 Å².